The molecule has 2 aromatic rings. The van der Waals surface area contributed by atoms with Crippen molar-refractivity contribution in [2.24, 2.45) is 0 Å². The van der Waals surface area contributed by atoms with Gasteiger partial charge in [0, 0.05) is 15.1 Å². The van der Waals surface area contributed by atoms with Crippen LogP contribution in [0.5, 0.6) is 0 Å². The zero-order valence-electron chi connectivity index (χ0n) is 12.3. The van der Waals surface area contributed by atoms with Crippen LogP contribution in [0.2, 0.25) is 0 Å². The first-order valence-electron chi connectivity index (χ1n) is 6.79. The molecule has 0 unspecified atom stereocenters. The van der Waals surface area contributed by atoms with Gasteiger partial charge >= 0.3 is 0 Å². The van der Waals surface area contributed by atoms with Crippen molar-refractivity contribution in [1.29, 1.82) is 0 Å². The van der Waals surface area contributed by atoms with E-state index in [1.807, 2.05) is 31.2 Å². The summed E-state index contributed by atoms with van der Waals surface area (Å²) in [6, 6.07) is 11.5. The number of halogens is 1. The van der Waals surface area contributed by atoms with Gasteiger partial charge in [0.05, 0.1) is 5.56 Å². The van der Waals surface area contributed by atoms with E-state index in [0.717, 1.165) is 26.2 Å². The van der Waals surface area contributed by atoms with Crippen LogP contribution in [0.15, 0.2) is 45.8 Å². The summed E-state index contributed by atoms with van der Waals surface area (Å²) in [5, 5.41) is 3.04. The second-order valence-corrected chi connectivity index (χ2v) is 6.68. The van der Waals surface area contributed by atoms with Crippen LogP contribution < -0.4 is 5.32 Å². The van der Waals surface area contributed by atoms with Crippen LogP contribution in [-0.4, -0.2) is 5.91 Å². The third kappa shape index (κ3) is 3.69. The van der Waals surface area contributed by atoms with E-state index in [2.05, 4.69) is 53.8 Å². The van der Waals surface area contributed by atoms with E-state index >= 15 is 0 Å². The topological polar surface area (TPSA) is 29.1 Å². The van der Waals surface area contributed by atoms with E-state index in [1.165, 1.54) is 0 Å². The first-order chi connectivity index (χ1) is 9.90. The molecular weight excluding hydrogens is 346 g/mol. The van der Waals surface area contributed by atoms with Crippen molar-refractivity contribution in [1.82, 2.24) is 0 Å². The van der Waals surface area contributed by atoms with Gasteiger partial charge < -0.3 is 5.32 Å². The molecule has 0 atom stereocenters. The van der Waals surface area contributed by atoms with Crippen molar-refractivity contribution < 1.29 is 4.79 Å². The minimum atomic E-state index is -0.131. The van der Waals surface area contributed by atoms with Gasteiger partial charge in [-0.15, -0.1) is 12.6 Å². The maximum absolute atomic E-state index is 12.5. The number of hydrogen-bond donors (Lipinski definition) is 2. The van der Waals surface area contributed by atoms with E-state index in [4.69, 9.17) is 0 Å². The molecule has 0 saturated carbocycles. The van der Waals surface area contributed by atoms with Crippen molar-refractivity contribution in [2.75, 3.05) is 5.32 Å². The third-order valence-corrected chi connectivity index (χ3v) is 4.33. The number of anilines is 1. The minimum Gasteiger partial charge on any atom is -0.321 e. The van der Waals surface area contributed by atoms with Gasteiger partial charge in [0.15, 0.2) is 0 Å². The van der Waals surface area contributed by atoms with E-state index in [0.29, 0.717) is 11.5 Å². The molecule has 0 fully saturated rings. The number of nitrogens with one attached hydrogen (secondary N) is 1. The normalized spacial score (nSPS) is 10.8. The third-order valence-electron chi connectivity index (χ3n) is 3.36. The highest BCUT2D eigenvalue weighted by atomic mass is 79.9. The Morgan fingerprint density at radius 3 is 2.62 bits per heavy atom. The van der Waals surface area contributed by atoms with Gasteiger partial charge in [-0.1, -0.05) is 32.0 Å². The number of benzene rings is 2. The van der Waals surface area contributed by atoms with Gasteiger partial charge in [0.2, 0.25) is 0 Å². The lowest BCUT2D eigenvalue weighted by atomic mass is 9.98. The van der Waals surface area contributed by atoms with Crippen LogP contribution in [0.1, 0.15) is 41.3 Å². The second-order valence-electron chi connectivity index (χ2n) is 5.31. The molecule has 2 rings (SSSR count). The number of hydrogen-bond acceptors (Lipinski definition) is 2. The molecule has 0 aromatic heterocycles. The second kappa shape index (κ2) is 6.67. The Bertz CT molecular complexity index is 682. The Morgan fingerprint density at radius 2 is 1.95 bits per heavy atom. The van der Waals surface area contributed by atoms with Crippen LogP contribution in [0.25, 0.3) is 0 Å². The minimum absolute atomic E-state index is 0.131. The number of carbonyl (C=O) groups is 1. The monoisotopic (exact) mass is 363 g/mol. The van der Waals surface area contributed by atoms with Crippen molar-refractivity contribution in [3.05, 3.63) is 57.6 Å². The fourth-order valence-corrected chi connectivity index (χ4v) is 2.84. The summed E-state index contributed by atoms with van der Waals surface area (Å²) < 4.78 is 0.762. The molecule has 0 aliphatic rings. The smallest absolute Gasteiger partial charge is 0.256 e. The van der Waals surface area contributed by atoms with Crippen LogP contribution in [0.4, 0.5) is 5.69 Å². The van der Waals surface area contributed by atoms with Crippen molar-refractivity contribution in [2.45, 2.75) is 31.6 Å². The van der Waals surface area contributed by atoms with Gasteiger partial charge in [0.1, 0.15) is 0 Å². The summed E-state index contributed by atoms with van der Waals surface area (Å²) in [5.41, 5.74) is 3.68. The summed E-state index contributed by atoms with van der Waals surface area (Å²) in [6.07, 6.45) is 0. The maximum Gasteiger partial charge on any atom is 0.256 e. The summed E-state index contributed by atoms with van der Waals surface area (Å²) in [5.74, 6) is 0.217. The Morgan fingerprint density at radius 1 is 1.24 bits per heavy atom. The van der Waals surface area contributed by atoms with Crippen molar-refractivity contribution in [3.8, 4) is 0 Å². The Hall–Kier alpha value is -1.26. The van der Waals surface area contributed by atoms with Crippen LogP contribution in [-0.2, 0) is 0 Å². The molecule has 0 bridgehead atoms. The van der Waals surface area contributed by atoms with E-state index in [-0.39, 0.29) is 5.91 Å². The average Bonchev–Trinajstić information content (AvgIpc) is 2.43. The molecule has 2 aromatic carbocycles. The summed E-state index contributed by atoms with van der Waals surface area (Å²) >= 11 is 7.71. The fraction of sp³-hybridized carbons (Fsp3) is 0.235. The number of aryl methyl sites for hydroxylation is 1. The molecule has 21 heavy (non-hydrogen) atoms. The molecule has 0 heterocycles. The van der Waals surface area contributed by atoms with Crippen molar-refractivity contribution >= 4 is 40.2 Å². The summed E-state index contributed by atoms with van der Waals surface area (Å²) in [6.45, 7) is 6.24. The summed E-state index contributed by atoms with van der Waals surface area (Å²) in [4.78, 5) is 13.3. The molecule has 110 valence electrons. The molecule has 0 aliphatic heterocycles. The number of amides is 1. The number of carbonyl (C=O) groups excluding carboxylic acids is 1. The largest absolute Gasteiger partial charge is 0.321 e. The standard InChI is InChI=1S/C17H18BrNOS/c1-10(2)13-6-4-5-11(3)16(13)19-17(20)14-9-12(21)7-8-15(14)18/h4-10,21H,1-3H3,(H,19,20). The first-order valence-corrected chi connectivity index (χ1v) is 8.03. The molecule has 1 amide bonds. The quantitative estimate of drug-likeness (QED) is 0.700. The van der Waals surface area contributed by atoms with Gasteiger partial charge in [-0.05, 0) is 58.1 Å². The Kier molecular flexibility index (Phi) is 5.12. The lowest BCUT2D eigenvalue weighted by Crippen LogP contribution is -2.15. The summed E-state index contributed by atoms with van der Waals surface area (Å²) in [7, 11) is 0. The van der Waals surface area contributed by atoms with Crippen LogP contribution >= 0.6 is 28.6 Å². The highest BCUT2D eigenvalue weighted by molar-refractivity contribution is 9.10. The number of thiol groups is 1. The highest BCUT2D eigenvalue weighted by Gasteiger charge is 2.15. The van der Waals surface area contributed by atoms with E-state index in [9.17, 15) is 4.79 Å². The molecule has 4 heteroatoms. The van der Waals surface area contributed by atoms with Gasteiger partial charge in [-0.25, -0.2) is 0 Å². The van der Waals surface area contributed by atoms with E-state index < -0.39 is 0 Å². The fourth-order valence-electron chi connectivity index (χ4n) is 2.21. The molecule has 2 nitrogen and oxygen atoms in total. The number of rotatable bonds is 3. The molecular formula is C17H18BrNOS. The Balaban J connectivity index is 2.38. The first kappa shape index (κ1) is 16.1. The van der Waals surface area contributed by atoms with Crippen LogP contribution in [0.3, 0.4) is 0 Å². The van der Waals surface area contributed by atoms with Crippen LogP contribution in [0, 0.1) is 6.92 Å². The molecule has 0 aliphatic carbocycles. The van der Waals surface area contributed by atoms with Crippen molar-refractivity contribution in [3.63, 3.8) is 0 Å². The number of para-hydroxylation sites is 1. The predicted molar refractivity (Wildman–Crippen MR) is 94.6 cm³/mol. The zero-order chi connectivity index (χ0) is 15.6. The molecule has 0 spiro atoms. The molecule has 1 N–H and O–H groups in total. The molecule has 0 radical (unpaired) electrons. The lowest BCUT2D eigenvalue weighted by molar-refractivity contribution is 0.102. The zero-order valence-corrected chi connectivity index (χ0v) is 14.8. The highest BCUT2D eigenvalue weighted by Crippen LogP contribution is 2.29. The average molecular weight is 364 g/mol. The van der Waals surface area contributed by atoms with Gasteiger partial charge in [0.25, 0.3) is 5.91 Å². The Labute approximate surface area is 139 Å². The predicted octanol–water partition coefficient (Wildman–Crippen LogP) is 5.42. The lowest BCUT2D eigenvalue weighted by Gasteiger charge is -2.17. The van der Waals surface area contributed by atoms with E-state index in [1.54, 1.807) is 6.07 Å². The van der Waals surface area contributed by atoms with Gasteiger partial charge in [-0.3, -0.25) is 4.79 Å². The maximum atomic E-state index is 12.5. The van der Waals surface area contributed by atoms with Gasteiger partial charge in [-0.2, -0.15) is 0 Å². The SMILES string of the molecule is Cc1cccc(C(C)C)c1NC(=O)c1cc(S)ccc1Br. The molecule has 0 saturated heterocycles.